The van der Waals surface area contributed by atoms with Gasteiger partial charge in [-0.05, 0) is 30.7 Å². The minimum absolute atomic E-state index is 0.0800. The van der Waals surface area contributed by atoms with E-state index in [2.05, 4.69) is 12.2 Å². The van der Waals surface area contributed by atoms with Crippen molar-refractivity contribution in [3.8, 4) is 5.75 Å². The Morgan fingerprint density at radius 2 is 2.00 bits per heavy atom. The molecular formula is C13H20N2O2. The Balaban J connectivity index is 2.49. The second-order valence-corrected chi connectivity index (χ2v) is 3.93. The Hall–Kier alpha value is -1.71. The third kappa shape index (κ3) is 4.34. The number of nitrogens with zero attached hydrogens (tertiary/aromatic N) is 1. The van der Waals surface area contributed by atoms with Gasteiger partial charge in [-0.2, -0.15) is 0 Å². The summed E-state index contributed by atoms with van der Waals surface area (Å²) in [7, 11) is 3.42. The molecule has 1 rings (SSSR count). The van der Waals surface area contributed by atoms with Gasteiger partial charge < -0.3 is 15.0 Å². The molecule has 0 aliphatic carbocycles. The third-order valence-corrected chi connectivity index (χ3v) is 2.54. The number of amides is 2. The summed E-state index contributed by atoms with van der Waals surface area (Å²) in [6.07, 6.45) is 2.10. The lowest BCUT2D eigenvalue weighted by molar-refractivity contribution is 0.222. The average molecular weight is 236 g/mol. The van der Waals surface area contributed by atoms with Crippen LogP contribution in [-0.2, 0) is 0 Å². The number of ether oxygens (including phenoxy) is 1. The van der Waals surface area contributed by atoms with E-state index < -0.39 is 0 Å². The topological polar surface area (TPSA) is 41.6 Å². The van der Waals surface area contributed by atoms with Crippen LogP contribution in [0, 0.1) is 0 Å². The zero-order chi connectivity index (χ0) is 12.7. The third-order valence-electron chi connectivity index (χ3n) is 2.54. The summed E-state index contributed by atoms with van der Waals surface area (Å²) in [6.45, 7) is 2.88. The highest BCUT2D eigenvalue weighted by molar-refractivity contribution is 5.89. The zero-order valence-electron chi connectivity index (χ0n) is 10.7. The van der Waals surface area contributed by atoms with Gasteiger partial charge in [0, 0.05) is 19.3 Å². The van der Waals surface area contributed by atoms with Crippen LogP contribution >= 0.6 is 0 Å². The normalized spacial score (nSPS) is 9.82. The Bertz CT molecular complexity index is 349. The van der Waals surface area contributed by atoms with Crippen LogP contribution in [0.5, 0.6) is 5.75 Å². The molecule has 0 fully saturated rings. The van der Waals surface area contributed by atoms with Crippen LogP contribution in [0.2, 0.25) is 0 Å². The Labute approximate surface area is 103 Å². The number of benzene rings is 1. The number of hydrogen-bond donors (Lipinski definition) is 1. The number of hydrogen-bond acceptors (Lipinski definition) is 2. The summed E-state index contributed by atoms with van der Waals surface area (Å²) in [5.41, 5.74) is 0.777. The minimum atomic E-state index is -0.0800. The fourth-order valence-electron chi connectivity index (χ4n) is 1.39. The highest BCUT2D eigenvalue weighted by Gasteiger charge is 2.07. The minimum Gasteiger partial charge on any atom is -0.497 e. The van der Waals surface area contributed by atoms with E-state index in [1.807, 2.05) is 24.3 Å². The van der Waals surface area contributed by atoms with Crippen molar-refractivity contribution in [2.45, 2.75) is 19.8 Å². The van der Waals surface area contributed by atoms with Gasteiger partial charge in [0.1, 0.15) is 5.75 Å². The highest BCUT2D eigenvalue weighted by Crippen LogP contribution is 2.15. The standard InChI is InChI=1S/C13H20N2O2/c1-4-5-10-15(2)13(16)14-11-6-8-12(17-3)9-7-11/h6-9H,4-5,10H2,1-3H3,(H,14,16). The van der Waals surface area contributed by atoms with E-state index in [0.29, 0.717) is 0 Å². The molecule has 0 radical (unpaired) electrons. The molecule has 94 valence electrons. The number of urea groups is 1. The molecule has 1 aromatic carbocycles. The van der Waals surface area contributed by atoms with Crippen LogP contribution in [0.1, 0.15) is 19.8 Å². The molecule has 4 nitrogen and oxygen atoms in total. The number of carbonyl (C=O) groups excluding carboxylic acids is 1. The quantitative estimate of drug-likeness (QED) is 0.854. The van der Waals surface area contributed by atoms with Crippen molar-refractivity contribution in [1.82, 2.24) is 4.90 Å². The lowest BCUT2D eigenvalue weighted by Gasteiger charge is -2.17. The van der Waals surface area contributed by atoms with Crippen LogP contribution in [0.3, 0.4) is 0 Å². The monoisotopic (exact) mass is 236 g/mol. The first kappa shape index (κ1) is 13.4. The molecule has 0 spiro atoms. The van der Waals surface area contributed by atoms with Gasteiger partial charge in [-0.25, -0.2) is 4.79 Å². The van der Waals surface area contributed by atoms with Crippen molar-refractivity contribution < 1.29 is 9.53 Å². The van der Waals surface area contributed by atoms with Gasteiger partial charge in [0.2, 0.25) is 0 Å². The van der Waals surface area contributed by atoms with Gasteiger partial charge in [-0.15, -0.1) is 0 Å². The first-order valence-corrected chi connectivity index (χ1v) is 5.83. The summed E-state index contributed by atoms with van der Waals surface area (Å²) in [4.78, 5) is 13.4. The number of carbonyl (C=O) groups is 1. The van der Waals surface area contributed by atoms with Crippen LogP contribution in [-0.4, -0.2) is 31.6 Å². The van der Waals surface area contributed by atoms with Crippen molar-refractivity contribution in [3.05, 3.63) is 24.3 Å². The van der Waals surface area contributed by atoms with Crippen LogP contribution in [0.15, 0.2) is 24.3 Å². The molecule has 0 aromatic heterocycles. The van der Waals surface area contributed by atoms with Gasteiger partial charge in [-0.1, -0.05) is 13.3 Å². The summed E-state index contributed by atoms with van der Waals surface area (Å²) >= 11 is 0. The number of unbranched alkanes of at least 4 members (excludes halogenated alkanes) is 1. The van der Waals surface area contributed by atoms with Crippen molar-refractivity contribution in [3.63, 3.8) is 0 Å². The van der Waals surface area contributed by atoms with Gasteiger partial charge in [0.05, 0.1) is 7.11 Å². The van der Waals surface area contributed by atoms with Crippen molar-refractivity contribution >= 4 is 11.7 Å². The van der Waals surface area contributed by atoms with Gasteiger partial charge in [0.15, 0.2) is 0 Å². The molecule has 0 bridgehead atoms. The molecule has 2 amide bonds. The summed E-state index contributed by atoms with van der Waals surface area (Å²) in [6, 6.07) is 7.21. The Kier molecular flexibility index (Phi) is 5.33. The van der Waals surface area contributed by atoms with Crippen LogP contribution in [0.4, 0.5) is 10.5 Å². The van der Waals surface area contributed by atoms with Crippen LogP contribution < -0.4 is 10.1 Å². The van der Waals surface area contributed by atoms with Crippen molar-refractivity contribution in [2.75, 3.05) is 26.0 Å². The number of rotatable bonds is 5. The second-order valence-electron chi connectivity index (χ2n) is 3.93. The first-order valence-electron chi connectivity index (χ1n) is 5.83. The molecule has 17 heavy (non-hydrogen) atoms. The average Bonchev–Trinajstić information content (AvgIpc) is 2.36. The Morgan fingerprint density at radius 1 is 1.35 bits per heavy atom. The van der Waals surface area contributed by atoms with E-state index in [4.69, 9.17) is 4.74 Å². The van der Waals surface area contributed by atoms with Gasteiger partial charge >= 0.3 is 6.03 Å². The van der Waals surface area contributed by atoms with E-state index in [0.717, 1.165) is 30.8 Å². The molecule has 0 saturated heterocycles. The molecule has 0 atom stereocenters. The lowest BCUT2D eigenvalue weighted by Crippen LogP contribution is -2.32. The fourth-order valence-corrected chi connectivity index (χ4v) is 1.39. The molecule has 0 heterocycles. The maximum Gasteiger partial charge on any atom is 0.321 e. The number of anilines is 1. The number of methoxy groups -OCH3 is 1. The van der Waals surface area contributed by atoms with E-state index in [1.54, 1.807) is 19.1 Å². The highest BCUT2D eigenvalue weighted by atomic mass is 16.5. The molecule has 1 aromatic rings. The smallest absolute Gasteiger partial charge is 0.321 e. The summed E-state index contributed by atoms with van der Waals surface area (Å²) in [5, 5.41) is 2.83. The van der Waals surface area contributed by atoms with E-state index in [-0.39, 0.29) is 6.03 Å². The van der Waals surface area contributed by atoms with Crippen molar-refractivity contribution in [1.29, 1.82) is 0 Å². The van der Waals surface area contributed by atoms with E-state index >= 15 is 0 Å². The molecular weight excluding hydrogens is 216 g/mol. The van der Waals surface area contributed by atoms with Gasteiger partial charge in [-0.3, -0.25) is 0 Å². The number of nitrogens with one attached hydrogen (secondary N) is 1. The Morgan fingerprint density at radius 3 is 2.53 bits per heavy atom. The maximum absolute atomic E-state index is 11.8. The zero-order valence-corrected chi connectivity index (χ0v) is 10.7. The maximum atomic E-state index is 11.8. The predicted octanol–water partition coefficient (Wildman–Crippen LogP) is 2.96. The SMILES string of the molecule is CCCCN(C)C(=O)Nc1ccc(OC)cc1. The molecule has 0 aliphatic rings. The fraction of sp³-hybridized carbons (Fsp3) is 0.462. The molecule has 1 N–H and O–H groups in total. The predicted molar refractivity (Wildman–Crippen MR) is 69.6 cm³/mol. The molecule has 0 unspecified atom stereocenters. The van der Waals surface area contributed by atoms with Gasteiger partial charge in [0.25, 0.3) is 0 Å². The van der Waals surface area contributed by atoms with Crippen molar-refractivity contribution in [2.24, 2.45) is 0 Å². The lowest BCUT2D eigenvalue weighted by atomic mass is 10.3. The first-order chi connectivity index (χ1) is 8.17. The van der Waals surface area contributed by atoms with E-state index in [1.165, 1.54) is 0 Å². The molecule has 4 heteroatoms. The summed E-state index contributed by atoms with van der Waals surface area (Å²) in [5.74, 6) is 0.780. The largest absolute Gasteiger partial charge is 0.497 e. The second kappa shape index (κ2) is 6.78. The summed E-state index contributed by atoms with van der Waals surface area (Å²) < 4.78 is 5.05. The van der Waals surface area contributed by atoms with Crippen LogP contribution in [0.25, 0.3) is 0 Å². The molecule has 0 saturated carbocycles. The van der Waals surface area contributed by atoms with E-state index in [9.17, 15) is 4.79 Å². The molecule has 0 aliphatic heterocycles.